The lowest BCUT2D eigenvalue weighted by molar-refractivity contribution is -0.113. The summed E-state index contributed by atoms with van der Waals surface area (Å²) in [5.41, 5.74) is 3.64. The van der Waals surface area contributed by atoms with Gasteiger partial charge in [-0.2, -0.15) is 0 Å². The molecule has 5 aromatic rings. The number of imidazole rings is 1. The Hall–Kier alpha value is -3.62. The van der Waals surface area contributed by atoms with Crippen molar-refractivity contribution in [3.63, 3.8) is 0 Å². The molecule has 6 nitrogen and oxygen atoms in total. The Labute approximate surface area is 214 Å². The fraction of sp³-hybridized carbons (Fsp3) is 0.0741. The molecule has 0 saturated heterocycles. The Morgan fingerprint density at radius 1 is 1.06 bits per heavy atom. The number of nitrogens with zero attached hydrogens (tertiary/aromatic N) is 2. The molecule has 0 fully saturated rings. The third kappa shape index (κ3) is 5.23. The molecule has 1 amide bonds. The Morgan fingerprint density at radius 2 is 1.80 bits per heavy atom. The number of nitrogens with one attached hydrogen (secondary N) is 1. The Balaban J connectivity index is 1.47. The number of rotatable bonds is 6. The maximum Gasteiger partial charge on any atom is 0.345 e. The molecular formula is C27H20BrN3O3S. The molecule has 0 aliphatic heterocycles. The molecular weight excluding hydrogens is 526 g/mol. The SMILES string of the molecule is Cc1ccc(NC(=O)CSc2nc(-c3cc4ccccc4oc3=O)cn2-c2ccc(Br)cc2)cc1. The molecule has 2 aromatic heterocycles. The highest BCUT2D eigenvalue weighted by Gasteiger charge is 2.17. The van der Waals surface area contributed by atoms with Crippen LogP contribution in [0.2, 0.25) is 0 Å². The van der Waals surface area contributed by atoms with Gasteiger partial charge in [-0.05, 0) is 55.5 Å². The van der Waals surface area contributed by atoms with E-state index in [1.54, 1.807) is 18.3 Å². The molecule has 35 heavy (non-hydrogen) atoms. The maximum absolute atomic E-state index is 12.7. The van der Waals surface area contributed by atoms with Crippen LogP contribution in [0.5, 0.6) is 0 Å². The van der Waals surface area contributed by atoms with E-state index in [4.69, 9.17) is 9.40 Å². The van der Waals surface area contributed by atoms with E-state index >= 15 is 0 Å². The number of benzene rings is 3. The van der Waals surface area contributed by atoms with Crippen LogP contribution in [0, 0.1) is 6.92 Å². The lowest BCUT2D eigenvalue weighted by Crippen LogP contribution is -2.14. The molecule has 0 unspecified atom stereocenters. The van der Waals surface area contributed by atoms with Gasteiger partial charge in [0.1, 0.15) is 5.58 Å². The number of amides is 1. The number of para-hydroxylation sites is 1. The zero-order valence-corrected chi connectivity index (χ0v) is 21.1. The van der Waals surface area contributed by atoms with E-state index in [0.29, 0.717) is 22.0 Å². The van der Waals surface area contributed by atoms with Gasteiger partial charge in [-0.1, -0.05) is 63.6 Å². The highest BCUT2D eigenvalue weighted by molar-refractivity contribution is 9.10. The van der Waals surface area contributed by atoms with E-state index in [0.717, 1.165) is 26.8 Å². The first-order chi connectivity index (χ1) is 17.0. The van der Waals surface area contributed by atoms with Gasteiger partial charge < -0.3 is 9.73 Å². The minimum Gasteiger partial charge on any atom is -0.422 e. The molecule has 174 valence electrons. The smallest absolute Gasteiger partial charge is 0.345 e. The normalized spacial score (nSPS) is 11.0. The van der Waals surface area contributed by atoms with Gasteiger partial charge >= 0.3 is 5.63 Å². The standard InChI is InChI=1S/C27H20BrN3O3S/c1-17-6-10-20(11-7-17)29-25(32)16-35-27-30-23(15-31(27)21-12-8-19(28)9-13-21)22-14-18-4-2-3-5-24(18)34-26(22)33/h2-15H,16H2,1H3,(H,29,32). The highest BCUT2D eigenvalue weighted by Crippen LogP contribution is 2.28. The first-order valence-corrected chi connectivity index (χ1v) is 12.6. The van der Waals surface area contributed by atoms with E-state index in [2.05, 4.69) is 21.2 Å². The third-order valence-electron chi connectivity index (χ3n) is 5.36. The van der Waals surface area contributed by atoms with Crippen molar-refractivity contribution in [3.8, 4) is 16.9 Å². The van der Waals surface area contributed by atoms with Gasteiger partial charge in [0, 0.05) is 27.4 Å². The Kier molecular flexibility index (Phi) is 6.57. The molecule has 5 rings (SSSR count). The molecule has 8 heteroatoms. The number of carbonyl (C=O) groups excluding carboxylic acids is 1. The first-order valence-electron chi connectivity index (χ1n) is 10.8. The highest BCUT2D eigenvalue weighted by atomic mass is 79.9. The van der Waals surface area contributed by atoms with E-state index in [-0.39, 0.29) is 11.7 Å². The number of carbonyl (C=O) groups is 1. The maximum atomic E-state index is 12.7. The number of aromatic nitrogens is 2. The van der Waals surface area contributed by atoms with E-state index < -0.39 is 5.63 Å². The van der Waals surface area contributed by atoms with E-state index in [9.17, 15) is 9.59 Å². The molecule has 0 atom stereocenters. The predicted octanol–water partition coefficient (Wildman–Crippen LogP) is 6.45. The van der Waals surface area contributed by atoms with Crippen molar-refractivity contribution in [3.05, 3.63) is 106 Å². The summed E-state index contributed by atoms with van der Waals surface area (Å²) < 4.78 is 8.33. The van der Waals surface area contributed by atoms with Crippen molar-refractivity contribution >= 4 is 50.3 Å². The molecule has 3 aromatic carbocycles. The van der Waals surface area contributed by atoms with E-state index in [1.807, 2.05) is 78.2 Å². The zero-order chi connectivity index (χ0) is 24.4. The lowest BCUT2D eigenvalue weighted by Gasteiger charge is -2.08. The summed E-state index contributed by atoms with van der Waals surface area (Å²) in [7, 11) is 0. The van der Waals surface area contributed by atoms with Crippen LogP contribution in [-0.4, -0.2) is 21.2 Å². The molecule has 0 radical (unpaired) electrons. The summed E-state index contributed by atoms with van der Waals surface area (Å²) in [6.07, 6.45) is 1.80. The summed E-state index contributed by atoms with van der Waals surface area (Å²) in [6.45, 7) is 2.00. The molecule has 0 saturated carbocycles. The summed E-state index contributed by atoms with van der Waals surface area (Å²) in [4.78, 5) is 30.0. The quantitative estimate of drug-likeness (QED) is 0.196. The molecule has 0 aliphatic rings. The van der Waals surface area contributed by atoms with Crippen LogP contribution < -0.4 is 10.9 Å². The van der Waals surface area contributed by atoms with Gasteiger partial charge in [-0.25, -0.2) is 9.78 Å². The van der Waals surface area contributed by atoms with Crippen LogP contribution in [0.1, 0.15) is 5.56 Å². The van der Waals surface area contributed by atoms with Gasteiger partial charge in [0.05, 0.1) is 17.0 Å². The second-order valence-electron chi connectivity index (χ2n) is 7.94. The van der Waals surface area contributed by atoms with Crippen molar-refractivity contribution in [2.45, 2.75) is 12.1 Å². The molecule has 1 N–H and O–H groups in total. The minimum atomic E-state index is -0.460. The summed E-state index contributed by atoms with van der Waals surface area (Å²) >= 11 is 4.76. The Bertz CT molecular complexity index is 1570. The second kappa shape index (κ2) is 9.93. The Morgan fingerprint density at radius 3 is 2.57 bits per heavy atom. The van der Waals surface area contributed by atoms with E-state index in [1.165, 1.54) is 11.8 Å². The van der Waals surface area contributed by atoms with Gasteiger partial charge in [0.15, 0.2) is 5.16 Å². The minimum absolute atomic E-state index is 0.143. The number of aryl methyl sites for hydroxylation is 1. The zero-order valence-electron chi connectivity index (χ0n) is 18.7. The van der Waals surface area contributed by atoms with Gasteiger partial charge in [-0.15, -0.1) is 0 Å². The fourth-order valence-electron chi connectivity index (χ4n) is 3.59. The number of halogens is 1. The van der Waals surface area contributed by atoms with Gasteiger partial charge in [0.25, 0.3) is 0 Å². The topological polar surface area (TPSA) is 77.1 Å². The molecule has 0 spiro atoms. The van der Waals surface area contributed by atoms with Crippen molar-refractivity contribution in [1.82, 2.24) is 9.55 Å². The van der Waals surface area contributed by atoms with Gasteiger partial charge in [-0.3, -0.25) is 9.36 Å². The number of anilines is 1. The summed E-state index contributed by atoms with van der Waals surface area (Å²) in [6, 6.07) is 24.5. The number of hydrogen-bond acceptors (Lipinski definition) is 5. The predicted molar refractivity (Wildman–Crippen MR) is 143 cm³/mol. The molecule has 0 aliphatic carbocycles. The lowest BCUT2D eigenvalue weighted by atomic mass is 10.1. The average Bonchev–Trinajstić information content (AvgIpc) is 3.28. The summed E-state index contributed by atoms with van der Waals surface area (Å²) in [5.74, 6) is 0.0173. The fourth-order valence-corrected chi connectivity index (χ4v) is 4.64. The summed E-state index contributed by atoms with van der Waals surface area (Å²) in [5, 5.41) is 4.31. The largest absolute Gasteiger partial charge is 0.422 e. The molecule has 0 bridgehead atoms. The van der Waals surface area contributed by atoms with Gasteiger partial charge in [0.2, 0.25) is 5.91 Å². The molecule has 2 heterocycles. The number of fused-ring (bicyclic) bond motifs is 1. The second-order valence-corrected chi connectivity index (χ2v) is 9.80. The average molecular weight is 546 g/mol. The van der Waals surface area contributed by atoms with Crippen molar-refractivity contribution in [1.29, 1.82) is 0 Å². The van der Waals surface area contributed by atoms with Crippen molar-refractivity contribution < 1.29 is 9.21 Å². The van der Waals surface area contributed by atoms with Crippen LogP contribution in [-0.2, 0) is 4.79 Å². The number of thioether (sulfide) groups is 1. The number of hydrogen-bond donors (Lipinski definition) is 1. The van der Waals surface area contributed by atoms with Crippen LogP contribution in [0.15, 0.2) is 104 Å². The van der Waals surface area contributed by atoms with Crippen LogP contribution in [0.25, 0.3) is 27.9 Å². The van der Waals surface area contributed by atoms with Crippen molar-refractivity contribution in [2.24, 2.45) is 0 Å². The van der Waals surface area contributed by atoms with Crippen LogP contribution in [0.4, 0.5) is 5.69 Å². The van der Waals surface area contributed by atoms with Crippen LogP contribution >= 0.6 is 27.7 Å². The third-order valence-corrected chi connectivity index (χ3v) is 6.84. The first kappa shape index (κ1) is 23.1. The van der Waals surface area contributed by atoms with Crippen LogP contribution in [0.3, 0.4) is 0 Å². The van der Waals surface area contributed by atoms with Crippen molar-refractivity contribution in [2.75, 3.05) is 11.1 Å². The monoisotopic (exact) mass is 545 g/mol.